The third-order valence-electron chi connectivity index (χ3n) is 3.81. The number of ether oxygens (including phenoxy) is 1. The molecule has 17 heavy (non-hydrogen) atoms. The average molecular weight is 242 g/mol. The van der Waals surface area contributed by atoms with E-state index in [2.05, 4.69) is 24.1 Å². The van der Waals surface area contributed by atoms with E-state index in [4.69, 9.17) is 4.74 Å². The minimum Gasteiger partial charge on any atom is -0.383 e. The number of nitrogens with one attached hydrogen (secondary N) is 1. The van der Waals surface area contributed by atoms with Crippen molar-refractivity contribution < 1.29 is 4.74 Å². The van der Waals surface area contributed by atoms with Crippen molar-refractivity contribution >= 4 is 0 Å². The van der Waals surface area contributed by atoms with Crippen LogP contribution in [0.5, 0.6) is 0 Å². The molecule has 1 fully saturated rings. The second kappa shape index (κ2) is 8.90. The Morgan fingerprint density at radius 3 is 2.76 bits per heavy atom. The fraction of sp³-hybridized carbons (Fsp3) is 1.00. The van der Waals surface area contributed by atoms with Gasteiger partial charge in [0.2, 0.25) is 0 Å². The van der Waals surface area contributed by atoms with Gasteiger partial charge in [0.1, 0.15) is 0 Å². The van der Waals surface area contributed by atoms with Crippen molar-refractivity contribution in [1.82, 2.24) is 10.2 Å². The summed E-state index contributed by atoms with van der Waals surface area (Å²) >= 11 is 0. The van der Waals surface area contributed by atoms with Crippen molar-refractivity contribution in [2.75, 3.05) is 33.4 Å². The first kappa shape index (κ1) is 14.9. The normalized spacial score (nSPS) is 22.2. The zero-order valence-electron chi connectivity index (χ0n) is 11.9. The fourth-order valence-electron chi connectivity index (χ4n) is 2.81. The van der Waals surface area contributed by atoms with Gasteiger partial charge in [-0.15, -0.1) is 0 Å². The predicted octanol–water partition coefficient (Wildman–Crippen LogP) is 2.27. The molecule has 1 aliphatic rings. The van der Waals surface area contributed by atoms with Crippen molar-refractivity contribution in [3.63, 3.8) is 0 Å². The first-order valence-electron chi connectivity index (χ1n) is 7.28. The zero-order valence-corrected chi connectivity index (χ0v) is 11.9. The molecule has 0 aromatic heterocycles. The lowest BCUT2D eigenvalue weighted by atomic mass is 10.1. The highest BCUT2D eigenvalue weighted by Gasteiger charge is 2.22. The second-order valence-corrected chi connectivity index (χ2v) is 5.13. The molecule has 1 aliphatic heterocycles. The van der Waals surface area contributed by atoms with Gasteiger partial charge in [-0.1, -0.05) is 20.3 Å². The van der Waals surface area contributed by atoms with Crippen molar-refractivity contribution in [2.45, 2.75) is 58.0 Å². The van der Waals surface area contributed by atoms with E-state index in [1.165, 1.54) is 45.2 Å². The molecular formula is C14H30N2O. The van der Waals surface area contributed by atoms with E-state index < -0.39 is 0 Å². The Balaban J connectivity index is 2.44. The molecule has 0 spiro atoms. The van der Waals surface area contributed by atoms with Gasteiger partial charge in [-0.2, -0.15) is 0 Å². The molecule has 2 unspecified atom stereocenters. The summed E-state index contributed by atoms with van der Waals surface area (Å²) in [6.45, 7) is 8.92. The quantitative estimate of drug-likeness (QED) is 0.671. The number of methoxy groups -OCH3 is 1. The highest BCUT2D eigenvalue weighted by molar-refractivity contribution is 4.81. The smallest absolute Gasteiger partial charge is 0.0589 e. The van der Waals surface area contributed by atoms with Gasteiger partial charge >= 0.3 is 0 Å². The van der Waals surface area contributed by atoms with E-state index in [0.717, 1.165) is 19.2 Å². The number of hydrogen-bond donors (Lipinski definition) is 1. The topological polar surface area (TPSA) is 24.5 Å². The molecule has 1 saturated heterocycles. The third-order valence-corrected chi connectivity index (χ3v) is 3.81. The van der Waals surface area contributed by atoms with Gasteiger partial charge in [0.15, 0.2) is 0 Å². The fourth-order valence-corrected chi connectivity index (χ4v) is 2.81. The Hall–Kier alpha value is -0.120. The van der Waals surface area contributed by atoms with Crippen molar-refractivity contribution in [3.8, 4) is 0 Å². The molecule has 0 bridgehead atoms. The summed E-state index contributed by atoms with van der Waals surface area (Å²) in [5.41, 5.74) is 0. The average Bonchev–Trinajstić information content (AvgIpc) is 2.84. The predicted molar refractivity (Wildman–Crippen MR) is 73.5 cm³/mol. The number of rotatable bonds is 9. The van der Waals surface area contributed by atoms with Crippen molar-refractivity contribution in [3.05, 3.63) is 0 Å². The minimum atomic E-state index is 0.706. The molecule has 0 aromatic rings. The van der Waals surface area contributed by atoms with Crippen LogP contribution < -0.4 is 5.32 Å². The van der Waals surface area contributed by atoms with Crippen LogP contribution in [0, 0.1) is 0 Å². The maximum atomic E-state index is 5.25. The monoisotopic (exact) mass is 242 g/mol. The SMILES string of the molecule is CCCC(CC)N(CCOC)CC1CCCN1. The molecule has 1 N–H and O–H groups in total. The molecule has 0 radical (unpaired) electrons. The van der Waals surface area contributed by atoms with Crippen LogP contribution in [-0.2, 0) is 4.74 Å². The molecule has 0 aliphatic carbocycles. The third kappa shape index (κ3) is 5.36. The van der Waals surface area contributed by atoms with Gasteiger partial charge in [0.05, 0.1) is 6.61 Å². The molecular weight excluding hydrogens is 212 g/mol. The lowest BCUT2D eigenvalue weighted by Crippen LogP contribution is -2.44. The summed E-state index contributed by atoms with van der Waals surface area (Å²) in [5.74, 6) is 0. The summed E-state index contributed by atoms with van der Waals surface area (Å²) in [6.07, 6.45) is 6.52. The van der Waals surface area contributed by atoms with E-state index >= 15 is 0 Å². The second-order valence-electron chi connectivity index (χ2n) is 5.13. The van der Waals surface area contributed by atoms with Gasteiger partial charge in [0, 0.05) is 32.3 Å². The standard InChI is InChI=1S/C14H30N2O/c1-4-7-14(5-2)16(10-11-17-3)12-13-8-6-9-15-13/h13-15H,4-12H2,1-3H3. The van der Waals surface area contributed by atoms with E-state index in [1.54, 1.807) is 7.11 Å². The van der Waals surface area contributed by atoms with Crippen LogP contribution in [-0.4, -0.2) is 50.3 Å². The molecule has 0 aromatic carbocycles. The summed E-state index contributed by atoms with van der Waals surface area (Å²) in [6, 6.07) is 1.44. The summed E-state index contributed by atoms with van der Waals surface area (Å²) in [7, 11) is 1.80. The van der Waals surface area contributed by atoms with Crippen LogP contribution in [0.3, 0.4) is 0 Å². The van der Waals surface area contributed by atoms with Crippen LogP contribution in [0.4, 0.5) is 0 Å². The lowest BCUT2D eigenvalue weighted by Gasteiger charge is -2.33. The Bertz CT molecular complexity index is 181. The van der Waals surface area contributed by atoms with Crippen LogP contribution in [0.25, 0.3) is 0 Å². The Morgan fingerprint density at radius 2 is 2.24 bits per heavy atom. The molecule has 1 heterocycles. The van der Waals surface area contributed by atoms with E-state index in [-0.39, 0.29) is 0 Å². The summed E-state index contributed by atoms with van der Waals surface area (Å²) in [4.78, 5) is 2.63. The van der Waals surface area contributed by atoms with Crippen LogP contribution in [0.2, 0.25) is 0 Å². The van der Waals surface area contributed by atoms with E-state index in [0.29, 0.717) is 6.04 Å². The first-order chi connectivity index (χ1) is 8.31. The van der Waals surface area contributed by atoms with E-state index in [1.807, 2.05) is 0 Å². The first-order valence-corrected chi connectivity index (χ1v) is 7.28. The van der Waals surface area contributed by atoms with Gasteiger partial charge in [-0.3, -0.25) is 4.90 Å². The largest absolute Gasteiger partial charge is 0.383 e. The van der Waals surface area contributed by atoms with Crippen molar-refractivity contribution in [1.29, 1.82) is 0 Å². The lowest BCUT2D eigenvalue weighted by molar-refractivity contribution is 0.106. The maximum Gasteiger partial charge on any atom is 0.0589 e. The number of nitrogens with zero attached hydrogens (tertiary/aromatic N) is 1. The maximum absolute atomic E-state index is 5.25. The molecule has 102 valence electrons. The molecule has 3 heteroatoms. The zero-order chi connectivity index (χ0) is 12.5. The Morgan fingerprint density at radius 1 is 1.41 bits per heavy atom. The molecule has 0 saturated carbocycles. The highest BCUT2D eigenvalue weighted by atomic mass is 16.5. The Kier molecular flexibility index (Phi) is 7.82. The van der Waals surface area contributed by atoms with Gasteiger partial charge in [-0.05, 0) is 32.2 Å². The van der Waals surface area contributed by atoms with Crippen LogP contribution in [0.1, 0.15) is 46.0 Å². The molecule has 1 rings (SSSR count). The summed E-state index contributed by atoms with van der Waals surface area (Å²) < 4.78 is 5.25. The Labute approximate surface area is 107 Å². The van der Waals surface area contributed by atoms with Gasteiger partial charge < -0.3 is 10.1 Å². The van der Waals surface area contributed by atoms with Crippen LogP contribution >= 0.6 is 0 Å². The van der Waals surface area contributed by atoms with Gasteiger partial charge in [-0.25, -0.2) is 0 Å². The minimum absolute atomic E-state index is 0.706. The summed E-state index contributed by atoms with van der Waals surface area (Å²) in [5, 5.41) is 3.60. The van der Waals surface area contributed by atoms with Crippen LogP contribution in [0.15, 0.2) is 0 Å². The van der Waals surface area contributed by atoms with Gasteiger partial charge in [0.25, 0.3) is 0 Å². The molecule has 2 atom stereocenters. The molecule has 0 amide bonds. The number of hydrogen-bond acceptors (Lipinski definition) is 3. The van der Waals surface area contributed by atoms with E-state index in [9.17, 15) is 0 Å². The highest BCUT2D eigenvalue weighted by Crippen LogP contribution is 2.14. The molecule has 3 nitrogen and oxygen atoms in total. The van der Waals surface area contributed by atoms with Crippen molar-refractivity contribution in [2.24, 2.45) is 0 Å².